The average Bonchev–Trinajstić information content (AvgIpc) is 3.47. The summed E-state index contributed by atoms with van der Waals surface area (Å²) in [6.45, 7) is 0. The standard InChI is InChI=1S/C34H19Br2NS/c35-23-14-22(15-24(36)18-23)20-10-12-30-28(16-20)29-17-21-11-13-33-34(26-8-4-5-9-32(26)38-33)27(21)19-31(29)37(30)25-6-2-1-3-7-25/h1-19H. The van der Waals surface area contributed by atoms with Crippen LogP contribution in [0, 0.1) is 0 Å². The second-order valence-electron chi connectivity index (χ2n) is 9.69. The van der Waals surface area contributed by atoms with E-state index in [1.807, 2.05) is 11.3 Å². The Bertz CT molecular complexity index is 2190. The van der Waals surface area contributed by atoms with Crippen molar-refractivity contribution in [3.63, 3.8) is 0 Å². The third-order valence-electron chi connectivity index (χ3n) is 7.45. The summed E-state index contributed by atoms with van der Waals surface area (Å²) < 4.78 is 7.21. The van der Waals surface area contributed by atoms with Crippen molar-refractivity contribution in [2.24, 2.45) is 0 Å². The monoisotopic (exact) mass is 631 g/mol. The average molecular weight is 633 g/mol. The molecule has 0 aliphatic rings. The van der Waals surface area contributed by atoms with Crippen molar-refractivity contribution >= 4 is 95.9 Å². The van der Waals surface area contributed by atoms with E-state index in [4.69, 9.17) is 0 Å². The van der Waals surface area contributed by atoms with Crippen LogP contribution in [0.1, 0.15) is 0 Å². The van der Waals surface area contributed by atoms with Gasteiger partial charge in [0.2, 0.25) is 0 Å². The van der Waals surface area contributed by atoms with Gasteiger partial charge in [-0.1, -0.05) is 80.4 Å². The first-order valence-corrected chi connectivity index (χ1v) is 14.9. The van der Waals surface area contributed by atoms with Crippen LogP contribution in [0.3, 0.4) is 0 Å². The van der Waals surface area contributed by atoms with Gasteiger partial charge in [-0.25, -0.2) is 0 Å². The van der Waals surface area contributed by atoms with Crippen molar-refractivity contribution in [2.75, 3.05) is 0 Å². The Labute approximate surface area is 240 Å². The van der Waals surface area contributed by atoms with Crippen molar-refractivity contribution in [2.45, 2.75) is 0 Å². The van der Waals surface area contributed by atoms with Gasteiger partial charge in [0.1, 0.15) is 0 Å². The smallest absolute Gasteiger partial charge is 0.0547 e. The maximum atomic E-state index is 3.66. The topological polar surface area (TPSA) is 4.93 Å². The van der Waals surface area contributed by atoms with Crippen LogP contribution >= 0.6 is 43.2 Å². The van der Waals surface area contributed by atoms with Crippen molar-refractivity contribution in [1.29, 1.82) is 0 Å². The molecule has 0 bridgehead atoms. The second kappa shape index (κ2) is 8.54. The summed E-state index contributed by atoms with van der Waals surface area (Å²) in [5.74, 6) is 0. The van der Waals surface area contributed by atoms with Gasteiger partial charge in [0.15, 0.2) is 0 Å². The van der Waals surface area contributed by atoms with E-state index < -0.39 is 0 Å². The van der Waals surface area contributed by atoms with Crippen LogP contribution in [0.15, 0.2) is 124 Å². The maximum Gasteiger partial charge on any atom is 0.0547 e. The highest BCUT2D eigenvalue weighted by molar-refractivity contribution is 9.11. The summed E-state index contributed by atoms with van der Waals surface area (Å²) in [6, 6.07) is 42.1. The zero-order valence-corrected chi connectivity index (χ0v) is 24.1. The van der Waals surface area contributed by atoms with Crippen LogP contribution in [-0.2, 0) is 0 Å². The maximum absolute atomic E-state index is 3.66. The molecular weight excluding hydrogens is 614 g/mol. The van der Waals surface area contributed by atoms with E-state index in [2.05, 4.69) is 152 Å². The summed E-state index contributed by atoms with van der Waals surface area (Å²) in [5.41, 5.74) is 6.00. The lowest BCUT2D eigenvalue weighted by Crippen LogP contribution is -1.93. The Morgan fingerprint density at radius 1 is 0.500 bits per heavy atom. The Morgan fingerprint density at radius 3 is 2.11 bits per heavy atom. The molecule has 0 atom stereocenters. The Balaban J connectivity index is 1.51. The highest BCUT2D eigenvalue weighted by Crippen LogP contribution is 2.42. The second-order valence-corrected chi connectivity index (χ2v) is 12.6. The van der Waals surface area contributed by atoms with E-state index in [0.29, 0.717) is 0 Å². The minimum atomic E-state index is 1.06. The zero-order chi connectivity index (χ0) is 25.4. The molecule has 2 heterocycles. The van der Waals surface area contributed by atoms with E-state index in [1.54, 1.807) is 0 Å². The van der Waals surface area contributed by atoms with Crippen LogP contribution in [0.25, 0.3) is 69.6 Å². The lowest BCUT2D eigenvalue weighted by molar-refractivity contribution is 1.18. The summed E-state index contributed by atoms with van der Waals surface area (Å²) in [6.07, 6.45) is 0. The van der Waals surface area contributed by atoms with Crippen LogP contribution in [0.2, 0.25) is 0 Å². The molecule has 8 rings (SSSR count). The molecule has 0 unspecified atom stereocenters. The van der Waals surface area contributed by atoms with Gasteiger partial charge < -0.3 is 4.57 Å². The third-order valence-corrected chi connectivity index (χ3v) is 9.50. The van der Waals surface area contributed by atoms with Crippen LogP contribution in [-0.4, -0.2) is 4.57 Å². The number of aromatic nitrogens is 1. The largest absolute Gasteiger partial charge is 0.309 e. The van der Waals surface area contributed by atoms with Gasteiger partial charge in [0, 0.05) is 45.6 Å². The number of nitrogens with zero attached hydrogens (tertiary/aromatic N) is 1. The van der Waals surface area contributed by atoms with Crippen LogP contribution in [0.5, 0.6) is 0 Å². The molecule has 0 fully saturated rings. The minimum Gasteiger partial charge on any atom is -0.309 e. The summed E-state index contributed by atoms with van der Waals surface area (Å²) in [5, 5.41) is 7.80. The highest BCUT2D eigenvalue weighted by atomic mass is 79.9. The Kier molecular flexibility index (Phi) is 5.06. The fourth-order valence-electron chi connectivity index (χ4n) is 5.82. The first-order chi connectivity index (χ1) is 18.6. The minimum absolute atomic E-state index is 1.06. The molecule has 0 N–H and O–H groups in total. The first kappa shape index (κ1) is 22.5. The molecule has 8 aromatic rings. The molecule has 0 amide bonds. The first-order valence-electron chi connectivity index (χ1n) is 12.5. The molecule has 2 aromatic heterocycles. The number of thiophene rings is 1. The van der Waals surface area contributed by atoms with E-state index in [0.717, 1.165) is 8.95 Å². The molecule has 6 aromatic carbocycles. The molecule has 180 valence electrons. The van der Waals surface area contributed by atoms with Crippen molar-refractivity contribution in [1.82, 2.24) is 4.57 Å². The van der Waals surface area contributed by atoms with E-state index >= 15 is 0 Å². The number of benzene rings is 6. The quantitative estimate of drug-likeness (QED) is 0.179. The number of rotatable bonds is 2. The molecule has 38 heavy (non-hydrogen) atoms. The SMILES string of the molecule is Brc1cc(Br)cc(-c2ccc3c(c2)c2cc4ccc5sc6ccccc6c5c4cc2n3-c2ccccc2)c1. The molecule has 0 saturated carbocycles. The van der Waals surface area contributed by atoms with Crippen molar-refractivity contribution < 1.29 is 0 Å². The molecule has 0 spiro atoms. The van der Waals surface area contributed by atoms with Gasteiger partial charge in [-0.2, -0.15) is 0 Å². The van der Waals surface area contributed by atoms with Crippen LogP contribution in [0.4, 0.5) is 0 Å². The summed E-state index contributed by atoms with van der Waals surface area (Å²) >= 11 is 9.20. The van der Waals surface area contributed by atoms with Gasteiger partial charge in [0.25, 0.3) is 0 Å². The van der Waals surface area contributed by atoms with Gasteiger partial charge in [-0.05, 0) is 88.6 Å². The number of hydrogen-bond acceptors (Lipinski definition) is 1. The van der Waals surface area contributed by atoms with E-state index in [-0.39, 0.29) is 0 Å². The lowest BCUT2D eigenvalue weighted by atomic mass is 9.99. The van der Waals surface area contributed by atoms with Gasteiger partial charge in [-0.3, -0.25) is 0 Å². The molecule has 4 heteroatoms. The normalized spacial score (nSPS) is 11.9. The number of fused-ring (bicyclic) bond motifs is 8. The lowest BCUT2D eigenvalue weighted by Gasteiger charge is -2.09. The third kappa shape index (κ3) is 3.41. The zero-order valence-electron chi connectivity index (χ0n) is 20.1. The number of para-hydroxylation sites is 1. The summed E-state index contributed by atoms with van der Waals surface area (Å²) in [4.78, 5) is 0. The fourth-order valence-corrected chi connectivity index (χ4v) is 8.23. The number of hydrogen-bond donors (Lipinski definition) is 0. The molecule has 1 nitrogen and oxygen atoms in total. The van der Waals surface area contributed by atoms with Gasteiger partial charge >= 0.3 is 0 Å². The van der Waals surface area contributed by atoms with Gasteiger partial charge in [0.05, 0.1) is 11.0 Å². The van der Waals surface area contributed by atoms with Crippen LogP contribution < -0.4 is 0 Å². The molecule has 0 saturated heterocycles. The Hall–Kier alpha value is -3.44. The fraction of sp³-hybridized carbons (Fsp3) is 0. The Morgan fingerprint density at radius 2 is 1.26 bits per heavy atom. The van der Waals surface area contributed by atoms with E-state index in [1.165, 1.54) is 69.6 Å². The van der Waals surface area contributed by atoms with Gasteiger partial charge in [-0.15, -0.1) is 11.3 Å². The molecule has 0 aliphatic heterocycles. The molecule has 0 radical (unpaired) electrons. The van der Waals surface area contributed by atoms with E-state index in [9.17, 15) is 0 Å². The highest BCUT2D eigenvalue weighted by Gasteiger charge is 2.17. The number of halogens is 2. The molecular formula is C34H19Br2NS. The predicted molar refractivity (Wildman–Crippen MR) is 172 cm³/mol. The molecule has 0 aliphatic carbocycles. The van der Waals surface area contributed by atoms with Crippen molar-refractivity contribution in [3.8, 4) is 16.8 Å². The van der Waals surface area contributed by atoms with Crippen molar-refractivity contribution in [3.05, 3.63) is 124 Å². The summed E-state index contributed by atoms with van der Waals surface area (Å²) in [7, 11) is 0. The predicted octanol–water partition coefficient (Wildman–Crippen LogP) is 11.5.